The van der Waals surface area contributed by atoms with Gasteiger partial charge in [0.1, 0.15) is 22.0 Å². The van der Waals surface area contributed by atoms with Crippen LogP contribution in [0.2, 0.25) is 0 Å². The number of ether oxygens (including phenoxy) is 1. The Hall–Kier alpha value is -3.28. The first-order valence-corrected chi connectivity index (χ1v) is 13.0. The van der Waals surface area contributed by atoms with Crippen LogP contribution in [-0.4, -0.2) is 62.2 Å². The molecule has 204 valence electrons. The summed E-state index contributed by atoms with van der Waals surface area (Å²) < 4.78 is 5.95. The summed E-state index contributed by atoms with van der Waals surface area (Å²) in [7, 11) is 0. The van der Waals surface area contributed by atoms with Crippen LogP contribution in [0.3, 0.4) is 0 Å². The molecule has 0 fully saturated rings. The number of Topliss-reactive ketones (excluding diaryl/α,β-unsaturated/α-hetero) is 1. The van der Waals surface area contributed by atoms with Crippen LogP contribution in [0.25, 0.3) is 0 Å². The lowest BCUT2D eigenvalue weighted by atomic mass is 9.92. The predicted octanol–water partition coefficient (Wildman–Crippen LogP) is 3.03. The third-order valence-electron chi connectivity index (χ3n) is 5.78. The van der Waals surface area contributed by atoms with Crippen molar-refractivity contribution >= 4 is 38.3 Å². The van der Waals surface area contributed by atoms with E-state index < -0.39 is 47.6 Å². The molecule has 0 aromatic heterocycles. The number of hydrogen-bond donors (Lipinski definition) is 3. The molecule has 2 aromatic carbocycles. The second-order valence-electron chi connectivity index (χ2n) is 10.1. The van der Waals surface area contributed by atoms with Gasteiger partial charge in [-0.15, -0.1) is 0 Å². The number of nitrogens with zero attached hydrogens (tertiary/aromatic N) is 2. The summed E-state index contributed by atoms with van der Waals surface area (Å²) in [6.45, 7) is 4.94. The zero-order chi connectivity index (χ0) is 28.0. The van der Waals surface area contributed by atoms with Crippen LogP contribution >= 0.6 is 15.9 Å². The molecule has 3 rings (SSSR count). The summed E-state index contributed by atoms with van der Waals surface area (Å²) in [5.74, 6) is -1.36. The third-order valence-corrected chi connectivity index (χ3v) is 6.25. The van der Waals surface area contributed by atoms with Gasteiger partial charge in [0.05, 0.1) is 12.1 Å². The SMILES string of the molecule is CC(C)(C)OC(=O)N(C(=O)[C@@H](N)Cc1ccc(O)cc1)C(C(=O)[C@@H](N)Cc1ccccc1)C1CC(Br)=NO1. The minimum absolute atomic E-state index is 0.0428. The molecule has 0 spiro atoms. The van der Waals surface area contributed by atoms with E-state index in [0.717, 1.165) is 10.5 Å². The predicted molar refractivity (Wildman–Crippen MR) is 146 cm³/mol. The van der Waals surface area contributed by atoms with Gasteiger partial charge in [0, 0.05) is 6.42 Å². The molecule has 1 aliphatic heterocycles. The van der Waals surface area contributed by atoms with Gasteiger partial charge in [0.25, 0.3) is 0 Å². The molecular weight excluding hydrogens is 556 g/mol. The standard InChI is InChI=1S/C27H33BrN4O6/c1-27(2,3)37-26(36)32(25(35)20(30)14-17-9-11-18(33)12-10-17)23(21-15-22(28)31-38-21)24(34)19(29)13-16-7-5-4-6-8-16/h4-12,19-21,23,33H,13-15,29-30H2,1-3H3/t19-,20-,21?,23?/m0/s1. The van der Waals surface area contributed by atoms with Crippen LogP contribution in [0.5, 0.6) is 5.75 Å². The average molecular weight is 589 g/mol. The molecule has 38 heavy (non-hydrogen) atoms. The number of ketones is 1. The number of halogens is 1. The van der Waals surface area contributed by atoms with Crippen molar-refractivity contribution in [3.8, 4) is 5.75 Å². The Labute approximate surface area is 230 Å². The van der Waals surface area contributed by atoms with Gasteiger partial charge < -0.3 is 26.1 Å². The van der Waals surface area contributed by atoms with Crippen LogP contribution in [0.15, 0.2) is 59.8 Å². The van der Waals surface area contributed by atoms with Crippen molar-refractivity contribution in [2.24, 2.45) is 16.6 Å². The maximum Gasteiger partial charge on any atom is 0.417 e. The number of carbonyl (C=O) groups is 3. The second kappa shape index (κ2) is 12.5. The highest BCUT2D eigenvalue weighted by molar-refractivity contribution is 9.18. The Morgan fingerprint density at radius 2 is 1.63 bits per heavy atom. The summed E-state index contributed by atoms with van der Waals surface area (Å²) >= 11 is 3.26. The van der Waals surface area contributed by atoms with Gasteiger partial charge in [-0.3, -0.25) is 9.59 Å². The zero-order valence-electron chi connectivity index (χ0n) is 21.5. The molecule has 11 heteroatoms. The number of rotatable bonds is 9. The number of hydrogen-bond acceptors (Lipinski definition) is 9. The first kappa shape index (κ1) is 29.3. The maximum atomic E-state index is 13.8. The van der Waals surface area contributed by atoms with Crippen molar-refractivity contribution in [1.29, 1.82) is 0 Å². The normalized spacial score (nSPS) is 17.5. The minimum atomic E-state index is -1.44. The summed E-state index contributed by atoms with van der Waals surface area (Å²) in [4.78, 5) is 47.3. The van der Waals surface area contributed by atoms with Crippen molar-refractivity contribution in [2.45, 2.75) is 69.9 Å². The lowest BCUT2D eigenvalue weighted by Crippen LogP contribution is -2.62. The van der Waals surface area contributed by atoms with Gasteiger partial charge in [-0.25, -0.2) is 9.69 Å². The maximum absolute atomic E-state index is 13.8. The number of benzene rings is 2. The van der Waals surface area contributed by atoms with Gasteiger partial charge in [-0.05, 0) is 72.8 Å². The van der Waals surface area contributed by atoms with Crippen molar-refractivity contribution in [1.82, 2.24) is 4.90 Å². The highest BCUT2D eigenvalue weighted by Gasteiger charge is 2.47. The molecular formula is C27H33BrN4O6. The molecule has 0 aliphatic carbocycles. The first-order valence-electron chi connectivity index (χ1n) is 12.2. The van der Waals surface area contributed by atoms with E-state index in [1.165, 1.54) is 12.1 Å². The Morgan fingerprint density at radius 1 is 1.05 bits per heavy atom. The lowest BCUT2D eigenvalue weighted by Gasteiger charge is -2.35. The number of phenols is 1. The summed E-state index contributed by atoms with van der Waals surface area (Å²) in [5.41, 5.74) is 13.1. The molecule has 2 aromatic rings. The smallest absolute Gasteiger partial charge is 0.417 e. The van der Waals surface area contributed by atoms with Crippen molar-refractivity contribution in [3.05, 3.63) is 65.7 Å². The van der Waals surface area contributed by atoms with E-state index >= 15 is 0 Å². The molecule has 10 nitrogen and oxygen atoms in total. The van der Waals surface area contributed by atoms with E-state index in [1.807, 2.05) is 30.3 Å². The number of nitrogens with two attached hydrogens (primary N) is 2. The fraction of sp³-hybridized carbons (Fsp3) is 0.407. The van der Waals surface area contributed by atoms with Gasteiger partial charge in [-0.2, -0.15) is 0 Å². The summed E-state index contributed by atoms with van der Waals surface area (Å²) in [5, 5.41) is 13.4. The van der Waals surface area contributed by atoms with E-state index in [9.17, 15) is 19.5 Å². The topological polar surface area (TPSA) is 158 Å². The Morgan fingerprint density at radius 3 is 2.18 bits per heavy atom. The van der Waals surface area contributed by atoms with E-state index in [2.05, 4.69) is 21.1 Å². The quantitative estimate of drug-likeness (QED) is 0.403. The van der Waals surface area contributed by atoms with Gasteiger partial charge in [0.15, 0.2) is 11.9 Å². The molecule has 0 radical (unpaired) electrons. The highest BCUT2D eigenvalue weighted by Crippen LogP contribution is 2.26. The summed E-state index contributed by atoms with van der Waals surface area (Å²) in [6, 6.07) is 11.6. The molecule has 0 bridgehead atoms. The van der Waals surface area contributed by atoms with Crippen molar-refractivity contribution < 1.29 is 29.1 Å². The van der Waals surface area contributed by atoms with E-state index in [1.54, 1.807) is 32.9 Å². The molecule has 0 saturated heterocycles. The number of imide groups is 1. The zero-order valence-corrected chi connectivity index (χ0v) is 23.1. The Kier molecular flexibility index (Phi) is 9.64. The fourth-order valence-electron chi connectivity index (χ4n) is 4.00. The largest absolute Gasteiger partial charge is 0.508 e. The molecule has 1 aliphatic rings. The summed E-state index contributed by atoms with van der Waals surface area (Å²) in [6.07, 6.45) is -1.67. The molecule has 2 amide bonds. The van der Waals surface area contributed by atoms with Crippen LogP contribution in [0, 0.1) is 0 Å². The number of phenolic OH excluding ortho intramolecular Hbond substituents is 1. The minimum Gasteiger partial charge on any atom is -0.508 e. The Balaban J connectivity index is 1.97. The average Bonchev–Trinajstić information content (AvgIpc) is 3.28. The number of aromatic hydroxyl groups is 1. The molecule has 0 saturated carbocycles. The van der Waals surface area contributed by atoms with Crippen LogP contribution in [-0.2, 0) is 32.0 Å². The molecule has 2 unspecified atom stereocenters. The Bertz CT molecular complexity index is 1170. The van der Waals surface area contributed by atoms with E-state index in [0.29, 0.717) is 10.2 Å². The lowest BCUT2D eigenvalue weighted by molar-refractivity contribution is -0.145. The molecule has 4 atom stereocenters. The van der Waals surface area contributed by atoms with Gasteiger partial charge >= 0.3 is 6.09 Å². The van der Waals surface area contributed by atoms with E-state index in [-0.39, 0.29) is 25.0 Å². The monoisotopic (exact) mass is 588 g/mol. The van der Waals surface area contributed by atoms with Gasteiger partial charge in [-0.1, -0.05) is 47.6 Å². The fourth-order valence-corrected chi connectivity index (χ4v) is 4.41. The third kappa shape index (κ3) is 7.86. The van der Waals surface area contributed by atoms with Crippen LogP contribution in [0.4, 0.5) is 4.79 Å². The number of amides is 2. The van der Waals surface area contributed by atoms with Crippen molar-refractivity contribution in [2.75, 3.05) is 0 Å². The van der Waals surface area contributed by atoms with E-state index in [4.69, 9.17) is 21.0 Å². The van der Waals surface area contributed by atoms with Crippen molar-refractivity contribution in [3.63, 3.8) is 0 Å². The van der Waals surface area contributed by atoms with Gasteiger partial charge in [0.2, 0.25) is 5.91 Å². The second-order valence-corrected chi connectivity index (χ2v) is 11.0. The number of oxime groups is 1. The highest BCUT2D eigenvalue weighted by atomic mass is 79.9. The van der Waals surface area contributed by atoms with Crippen LogP contribution < -0.4 is 11.5 Å². The molecule has 5 N–H and O–H groups in total. The van der Waals surface area contributed by atoms with Crippen LogP contribution in [0.1, 0.15) is 38.3 Å². The number of carbonyl (C=O) groups excluding carboxylic acids is 3. The molecule has 1 heterocycles. The first-order chi connectivity index (χ1) is 17.9.